The number of hydrogen-bond acceptors (Lipinski definition) is 3. The molecule has 2 fully saturated rings. The summed E-state index contributed by atoms with van der Waals surface area (Å²) in [6.45, 7) is 7.10. The predicted molar refractivity (Wildman–Crippen MR) is 87.8 cm³/mol. The topological polar surface area (TPSA) is 50.2 Å². The molecule has 5 heteroatoms. The Morgan fingerprint density at radius 3 is 2.95 bits per heavy atom. The van der Waals surface area contributed by atoms with Crippen LogP contribution in [-0.4, -0.2) is 39.7 Å². The summed E-state index contributed by atoms with van der Waals surface area (Å²) in [5.41, 5.74) is 0.961. The lowest BCUT2D eigenvalue weighted by Crippen LogP contribution is -2.34. The Balaban J connectivity index is 1.49. The van der Waals surface area contributed by atoms with Crippen LogP contribution in [0.1, 0.15) is 51.1 Å². The summed E-state index contributed by atoms with van der Waals surface area (Å²) in [4.78, 5) is 14.7. The van der Waals surface area contributed by atoms with E-state index in [0.29, 0.717) is 6.42 Å². The standard InChI is InChI=1S/C17H28N4O/c1-3-4-8-21-16(10-13(2)19-21)18-17(22)7-9-20-12-14-5-6-15(20)11-14/h10,14-15H,3-9,11-12H2,1-2H3,(H,18,22)/t14-,15+/m1/s1. The first-order valence-electron chi connectivity index (χ1n) is 8.74. The largest absolute Gasteiger partial charge is 0.311 e. The summed E-state index contributed by atoms with van der Waals surface area (Å²) < 4.78 is 1.93. The SMILES string of the molecule is CCCCn1nc(C)cc1NC(=O)CCN1C[C@@H]2CC[C@H]1C2. The van der Waals surface area contributed by atoms with E-state index in [9.17, 15) is 4.79 Å². The van der Waals surface area contributed by atoms with E-state index in [-0.39, 0.29) is 5.91 Å². The number of hydrogen-bond donors (Lipinski definition) is 1. The molecule has 1 aliphatic carbocycles. The summed E-state index contributed by atoms with van der Waals surface area (Å²) in [6.07, 6.45) is 6.87. The number of anilines is 1. The van der Waals surface area contributed by atoms with Crippen LogP contribution in [0.2, 0.25) is 0 Å². The van der Waals surface area contributed by atoms with Crippen LogP contribution in [0, 0.1) is 12.8 Å². The molecular weight excluding hydrogens is 276 g/mol. The molecule has 3 rings (SSSR count). The fourth-order valence-corrected chi connectivity index (χ4v) is 3.88. The van der Waals surface area contributed by atoms with E-state index in [2.05, 4.69) is 22.2 Å². The van der Waals surface area contributed by atoms with Gasteiger partial charge < -0.3 is 5.32 Å². The van der Waals surface area contributed by atoms with Crippen molar-refractivity contribution >= 4 is 11.7 Å². The Kier molecular flexibility index (Phi) is 4.81. The zero-order valence-corrected chi connectivity index (χ0v) is 13.8. The number of piperidine rings is 1. The molecule has 0 spiro atoms. The lowest BCUT2D eigenvalue weighted by atomic mass is 10.1. The number of aromatic nitrogens is 2. The molecule has 1 N–H and O–H groups in total. The van der Waals surface area contributed by atoms with Crippen LogP contribution in [0.3, 0.4) is 0 Å². The van der Waals surface area contributed by atoms with Crippen LogP contribution >= 0.6 is 0 Å². The second kappa shape index (κ2) is 6.82. The summed E-state index contributed by atoms with van der Waals surface area (Å²) >= 11 is 0. The van der Waals surface area contributed by atoms with Gasteiger partial charge in [-0.15, -0.1) is 0 Å². The van der Waals surface area contributed by atoms with Crippen LogP contribution in [0.25, 0.3) is 0 Å². The molecule has 2 aliphatic rings. The Labute approximate surface area is 133 Å². The quantitative estimate of drug-likeness (QED) is 0.842. The fraction of sp³-hybridized carbons (Fsp3) is 0.765. The van der Waals surface area contributed by atoms with Gasteiger partial charge in [0, 0.05) is 38.2 Å². The number of amides is 1. The lowest BCUT2D eigenvalue weighted by Gasteiger charge is -2.26. The number of fused-ring (bicyclic) bond motifs is 2. The van der Waals surface area contributed by atoms with Gasteiger partial charge in [0.05, 0.1) is 5.69 Å². The molecule has 1 saturated carbocycles. The van der Waals surface area contributed by atoms with Gasteiger partial charge in [0.25, 0.3) is 0 Å². The third-order valence-electron chi connectivity index (χ3n) is 5.04. The van der Waals surface area contributed by atoms with Gasteiger partial charge in [-0.25, -0.2) is 4.68 Å². The molecule has 0 unspecified atom stereocenters. The molecule has 2 atom stereocenters. The molecule has 1 amide bonds. The predicted octanol–water partition coefficient (Wildman–Crippen LogP) is 2.80. The number of carbonyl (C=O) groups excluding carboxylic acids is 1. The van der Waals surface area contributed by atoms with Gasteiger partial charge >= 0.3 is 0 Å². The summed E-state index contributed by atoms with van der Waals surface area (Å²) in [5, 5.41) is 7.50. The van der Waals surface area contributed by atoms with Gasteiger partial charge in [-0.1, -0.05) is 13.3 Å². The minimum atomic E-state index is 0.112. The maximum Gasteiger partial charge on any atom is 0.226 e. The molecule has 2 heterocycles. The van der Waals surface area contributed by atoms with E-state index in [1.54, 1.807) is 0 Å². The van der Waals surface area contributed by atoms with Crippen LogP contribution in [-0.2, 0) is 11.3 Å². The molecule has 122 valence electrons. The maximum absolute atomic E-state index is 12.2. The molecule has 2 bridgehead atoms. The molecule has 1 aromatic rings. The van der Waals surface area contributed by atoms with E-state index >= 15 is 0 Å². The Bertz CT molecular complexity index is 525. The summed E-state index contributed by atoms with van der Waals surface area (Å²) in [6, 6.07) is 2.71. The molecule has 22 heavy (non-hydrogen) atoms. The van der Waals surface area contributed by atoms with Crippen LogP contribution in [0.15, 0.2) is 6.07 Å². The summed E-state index contributed by atoms with van der Waals surface area (Å²) in [7, 11) is 0. The van der Waals surface area contributed by atoms with E-state index < -0.39 is 0 Å². The van der Waals surface area contributed by atoms with Crippen LogP contribution in [0.4, 0.5) is 5.82 Å². The number of nitrogens with one attached hydrogen (secondary N) is 1. The highest BCUT2D eigenvalue weighted by molar-refractivity contribution is 5.90. The average molecular weight is 304 g/mol. The zero-order chi connectivity index (χ0) is 15.5. The van der Waals surface area contributed by atoms with Crippen molar-refractivity contribution in [2.45, 2.75) is 65.0 Å². The minimum Gasteiger partial charge on any atom is -0.311 e. The zero-order valence-electron chi connectivity index (χ0n) is 13.8. The van der Waals surface area contributed by atoms with E-state index in [4.69, 9.17) is 0 Å². The average Bonchev–Trinajstić information content (AvgIpc) is 3.18. The minimum absolute atomic E-state index is 0.112. The van der Waals surface area contributed by atoms with E-state index in [0.717, 1.165) is 49.4 Å². The monoisotopic (exact) mass is 304 g/mol. The molecule has 0 radical (unpaired) electrons. The van der Waals surface area contributed by atoms with Crippen molar-refractivity contribution in [3.05, 3.63) is 11.8 Å². The Morgan fingerprint density at radius 1 is 1.41 bits per heavy atom. The van der Waals surface area contributed by atoms with Gasteiger partial charge in [0.15, 0.2) is 0 Å². The lowest BCUT2D eigenvalue weighted by molar-refractivity contribution is -0.116. The van der Waals surface area contributed by atoms with Crippen molar-refractivity contribution in [1.29, 1.82) is 0 Å². The third-order valence-corrected chi connectivity index (χ3v) is 5.04. The highest BCUT2D eigenvalue weighted by Crippen LogP contribution is 2.37. The van der Waals surface area contributed by atoms with Gasteiger partial charge in [0.1, 0.15) is 5.82 Å². The first kappa shape index (κ1) is 15.5. The van der Waals surface area contributed by atoms with Crippen LogP contribution < -0.4 is 5.32 Å². The first-order valence-corrected chi connectivity index (χ1v) is 8.74. The van der Waals surface area contributed by atoms with Crippen molar-refractivity contribution in [1.82, 2.24) is 14.7 Å². The van der Waals surface area contributed by atoms with E-state index in [1.165, 1.54) is 25.8 Å². The highest BCUT2D eigenvalue weighted by Gasteiger charge is 2.37. The number of unbranched alkanes of at least 4 members (excludes halogenated alkanes) is 1. The molecule has 1 aliphatic heterocycles. The van der Waals surface area contributed by atoms with Crippen molar-refractivity contribution in [3.63, 3.8) is 0 Å². The van der Waals surface area contributed by atoms with Gasteiger partial charge in [0.2, 0.25) is 5.91 Å². The number of carbonyl (C=O) groups is 1. The Morgan fingerprint density at radius 2 is 2.27 bits per heavy atom. The van der Waals surface area contributed by atoms with Crippen molar-refractivity contribution in [2.75, 3.05) is 18.4 Å². The molecule has 5 nitrogen and oxygen atoms in total. The number of rotatable bonds is 7. The molecular formula is C17H28N4O. The number of aryl methyl sites for hydroxylation is 2. The number of nitrogens with zero attached hydrogens (tertiary/aromatic N) is 3. The van der Waals surface area contributed by atoms with Crippen LogP contribution in [0.5, 0.6) is 0 Å². The molecule has 1 aromatic heterocycles. The van der Waals surface area contributed by atoms with Gasteiger partial charge in [-0.2, -0.15) is 5.10 Å². The van der Waals surface area contributed by atoms with Crippen molar-refractivity contribution in [2.24, 2.45) is 5.92 Å². The summed E-state index contributed by atoms with van der Waals surface area (Å²) in [5.74, 6) is 1.85. The van der Waals surface area contributed by atoms with E-state index in [1.807, 2.05) is 17.7 Å². The normalized spacial score (nSPS) is 24.1. The highest BCUT2D eigenvalue weighted by atomic mass is 16.1. The first-order chi connectivity index (χ1) is 10.7. The van der Waals surface area contributed by atoms with Gasteiger partial charge in [-0.05, 0) is 38.5 Å². The second-order valence-electron chi connectivity index (χ2n) is 6.87. The Hall–Kier alpha value is -1.36. The molecule has 0 aromatic carbocycles. The van der Waals surface area contributed by atoms with Gasteiger partial charge in [-0.3, -0.25) is 9.69 Å². The maximum atomic E-state index is 12.2. The smallest absolute Gasteiger partial charge is 0.226 e. The van der Waals surface area contributed by atoms with Crippen molar-refractivity contribution < 1.29 is 4.79 Å². The fourth-order valence-electron chi connectivity index (χ4n) is 3.88. The second-order valence-corrected chi connectivity index (χ2v) is 6.87. The van der Waals surface area contributed by atoms with Crippen molar-refractivity contribution in [3.8, 4) is 0 Å². The molecule has 1 saturated heterocycles. The number of likely N-dealkylation sites (tertiary alicyclic amines) is 1. The third kappa shape index (κ3) is 3.51.